The van der Waals surface area contributed by atoms with Crippen molar-refractivity contribution in [1.82, 2.24) is 4.90 Å². The summed E-state index contributed by atoms with van der Waals surface area (Å²) in [6, 6.07) is 2.19. The Morgan fingerprint density at radius 1 is 1.25 bits per heavy atom. The van der Waals surface area contributed by atoms with Gasteiger partial charge in [0.05, 0.1) is 25.1 Å². The molecule has 1 aliphatic carbocycles. The second-order valence-corrected chi connectivity index (χ2v) is 5.61. The molecular weight excluding hydrogens is 256 g/mol. The van der Waals surface area contributed by atoms with Gasteiger partial charge in [-0.2, -0.15) is 5.26 Å². The van der Waals surface area contributed by atoms with E-state index < -0.39 is 11.8 Å². The third-order valence-electron chi connectivity index (χ3n) is 3.97. The topological polar surface area (TPSA) is 113 Å². The van der Waals surface area contributed by atoms with Crippen molar-refractivity contribution in [2.24, 2.45) is 23.3 Å². The van der Waals surface area contributed by atoms with Crippen molar-refractivity contribution >= 4 is 11.8 Å². The van der Waals surface area contributed by atoms with Crippen molar-refractivity contribution in [2.75, 3.05) is 13.1 Å². The van der Waals surface area contributed by atoms with Crippen LogP contribution >= 0.6 is 0 Å². The molecule has 0 bridgehead atoms. The summed E-state index contributed by atoms with van der Waals surface area (Å²) in [5.41, 5.74) is 10.5. The van der Waals surface area contributed by atoms with Crippen LogP contribution in [0.1, 0.15) is 39.0 Å². The summed E-state index contributed by atoms with van der Waals surface area (Å²) in [5, 5.41) is 9.29. The van der Waals surface area contributed by atoms with E-state index >= 15 is 0 Å². The number of carbonyl (C=O) groups excluding carboxylic acids is 2. The van der Waals surface area contributed by atoms with E-state index in [0.29, 0.717) is 5.92 Å². The van der Waals surface area contributed by atoms with Gasteiger partial charge in [0.15, 0.2) is 0 Å². The van der Waals surface area contributed by atoms with E-state index in [4.69, 9.17) is 11.5 Å². The SMILES string of the molecule is CCCC1CCC(C#N)C(N(CC(N)=O)CC(N)=O)C1. The van der Waals surface area contributed by atoms with E-state index in [9.17, 15) is 14.9 Å². The van der Waals surface area contributed by atoms with Crippen LogP contribution in [0.2, 0.25) is 0 Å². The van der Waals surface area contributed by atoms with E-state index in [-0.39, 0.29) is 25.0 Å². The Kier molecular flexibility index (Phi) is 6.46. The first-order valence-electron chi connectivity index (χ1n) is 7.18. The number of nitrogens with zero attached hydrogens (tertiary/aromatic N) is 2. The second-order valence-electron chi connectivity index (χ2n) is 5.61. The number of nitrogens with two attached hydrogens (primary N) is 2. The van der Waals surface area contributed by atoms with Crippen LogP contribution in [0, 0.1) is 23.2 Å². The number of nitriles is 1. The Bertz CT molecular complexity index is 375. The number of primary amides is 2. The zero-order chi connectivity index (χ0) is 15.1. The smallest absolute Gasteiger partial charge is 0.231 e. The maximum atomic E-state index is 11.2. The van der Waals surface area contributed by atoms with Crippen LogP contribution in [0.3, 0.4) is 0 Å². The molecule has 0 aliphatic heterocycles. The molecule has 1 aliphatic rings. The average molecular weight is 280 g/mol. The molecule has 0 aromatic rings. The first-order chi connectivity index (χ1) is 9.47. The minimum Gasteiger partial charge on any atom is -0.369 e. The highest BCUT2D eigenvalue weighted by Gasteiger charge is 2.35. The maximum Gasteiger partial charge on any atom is 0.231 e. The number of hydrogen-bond acceptors (Lipinski definition) is 4. The van der Waals surface area contributed by atoms with Gasteiger partial charge in [-0.25, -0.2) is 0 Å². The molecule has 2 amide bonds. The first kappa shape index (κ1) is 16.4. The highest BCUT2D eigenvalue weighted by Crippen LogP contribution is 2.34. The molecule has 1 fully saturated rings. The van der Waals surface area contributed by atoms with Gasteiger partial charge < -0.3 is 11.5 Å². The first-order valence-corrected chi connectivity index (χ1v) is 7.18. The highest BCUT2D eigenvalue weighted by atomic mass is 16.2. The van der Waals surface area contributed by atoms with Gasteiger partial charge in [0, 0.05) is 6.04 Å². The monoisotopic (exact) mass is 280 g/mol. The van der Waals surface area contributed by atoms with E-state index in [1.165, 1.54) is 0 Å². The molecule has 4 N–H and O–H groups in total. The summed E-state index contributed by atoms with van der Waals surface area (Å²) in [6.45, 7) is 2.09. The van der Waals surface area contributed by atoms with Crippen LogP contribution < -0.4 is 11.5 Å². The minimum absolute atomic E-state index is 0.0232. The standard InChI is InChI=1S/C14H24N4O2/c1-2-3-10-4-5-11(7-15)12(6-10)18(8-13(16)19)9-14(17)20/h10-12H,2-6,8-9H2,1H3,(H2,16,19)(H2,17,20). The fourth-order valence-electron chi connectivity index (χ4n) is 3.15. The Morgan fingerprint density at radius 2 is 1.85 bits per heavy atom. The lowest BCUT2D eigenvalue weighted by Crippen LogP contribution is -2.50. The molecule has 1 rings (SSSR count). The van der Waals surface area contributed by atoms with E-state index in [1.807, 2.05) is 0 Å². The normalized spacial score (nSPS) is 26.1. The quantitative estimate of drug-likeness (QED) is 0.701. The lowest BCUT2D eigenvalue weighted by atomic mass is 9.76. The van der Waals surface area contributed by atoms with E-state index in [1.54, 1.807) is 4.90 Å². The van der Waals surface area contributed by atoms with Gasteiger partial charge in [0.2, 0.25) is 11.8 Å². The van der Waals surface area contributed by atoms with Gasteiger partial charge in [-0.05, 0) is 25.2 Å². The number of carbonyl (C=O) groups is 2. The molecule has 0 heterocycles. The lowest BCUT2D eigenvalue weighted by Gasteiger charge is -2.39. The third-order valence-corrected chi connectivity index (χ3v) is 3.97. The van der Waals surface area contributed by atoms with Crippen LogP contribution in [0.15, 0.2) is 0 Å². The van der Waals surface area contributed by atoms with Crippen LogP contribution in [0.25, 0.3) is 0 Å². The Labute approximate surface area is 120 Å². The third kappa shape index (κ3) is 4.82. The zero-order valence-electron chi connectivity index (χ0n) is 12.0. The van der Waals surface area contributed by atoms with Gasteiger partial charge >= 0.3 is 0 Å². The summed E-state index contributed by atoms with van der Waals surface area (Å²) in [7, 11) is 0. The molecule has 112 valence electrons. The number of hydrogen-bond donors (Lipinski definition) is 2. The van der Waals surface area contributed by atoms with Gasteiger partial charge in [0.1, 0.15) is 0 Å². The van der Waals surface area contributed by atoms with E-state index in [2.05, 4.69) is 13.0 Å². The zero-order valence-corrected chi connectivity index (χ0v) is 12.0. The maximum absolute atomic E-state index is 11.2. The highest BCUT2D eigenvalue weighted by molar-refractivity contribution is 5.79. The molecule has 0 spiro atoms. The van der Waals surface area contributed by atoms with Crippen LogP contribution in [0.4, 0.5) is 0 Å². The fourth-order valence-corrected chi connectivity index (χ4v) is 3.15. The van der Waals surface area contributed by atoms with Gasteiger partial charge in [0.25, 0.3) is 0 Å². The molecule has 6 heteroatoms. The summed E-state index contributed by atoms with van der Waals surface area (Å²) in [5.74, 6) is -0.624. The van der Waals surface area contributed by atoms with Gasteiger partial charge in [-0.1, -0.05) is 19.8 Å². The Morgan fingerprint density at radius 3 is 2.30 bits per heavy atom. The predicted octanol–water partition coefficient (Wildman–Crippen LogP) is 0.368. The van der Waals surface area contributed by atoms with Crippen molar-refractivity contribution in [1.29, 1.82) is 5.26 Å². The fraction of sp³-hybridized carbons (Fsp3) is 0.786. The number of rotatable bonds is 7. The molecule has 6 nitrogen and oxygen atoms in total. The minimum atomic E-state index is -0.499. The molecular formula is C14H24N4O2. The molecule has 0 radical (unpaired) electrons. The predicted molar refractivity (Wildman–Crippen MR) is 75.1 cm³/mol. The van der Waals surface area contributed by atoms with Crippen LogP contribution in [-0.2, 0) is 9.59 Å². The van der Waals surface area contributed by atoms with Crippen molar-refractivity contribution in [3.05, 3.63) is 0 Å². The van der Waals surface area contributed by atoms with Crippen molar-refractivity contribution in [2.45, 2.75) is 45.1 Å². The molecule has 3 atom stereocenters. The summed E-state index contributed by atoms with van der Waals surface area (Å²) < 4.78 is 0. The molecule has 20 heavy (non-hydrogen) atoms. The molecule has 3 unspecified atom stereocenters. The van der Waals surface area contributed by atoms with E-state index in [0.717, 1.165) is 32.1 Å². The summed E-state index contributed by atoms with van der Waals surface area (Å²) >= 11 is 0. The Hall–Kier alpha value is -1.61. The van der Waals surface area contributed by atoms with Crippen molar-refractivity contribution in [3.8, 4) is 6.07 Å². The van der Waals surface area contributed by atoms with Crippen molar-refractivity contribution in [3.63, 3.8) is 0 Å². The van der Waals surface area contributed by atoms with Gasteiger partial charge in [-0.15, -0.1) is 0 Å². The largest absolute Gasteiger partial charge is 0.369 e. The average Bonchev–Trinajstić information content (AvgIpc) is 2.37. The summed E-state index contributed by atoms with van der Waals surface area (Å²) in [4.78, 5) is 24.0. The number of amides is 2. The van der Waals surface area contributed by atoms with Gasteiger partial charge in [-0.3, -0.25) is 14.5 Å². The second kappa shape index (κ2) is 7.85. The van der Waals surface area contributed by atoms with Crippen LogP contribution in [-0.4, -0.2) is 35.8 Å². The molecule has 0 saturated heterocycles. The van der Waals surface area contributed by atoms with Crippen molar-refractivity contribution < 1.29 is 9.59 Å². The Balaban J connectivity index is 2.83. The lowest BCUT2D eigenvalue weighted by molar-refractivity contribution is -0.123. The summed E-state index contributed by atoms with van der Waals surface area (Å²) in [6.07, 6.45) is 4.87. The molecule has 0 aromatic carbocycles. The molecule has 1 saturated carbocycles. The molecule has 0 aromatic heterocycles. The van der Waals surface area contributed by atoms with Crippen LogP contribution in [0.5, 0.6) is 0 Å².